The van der Waals surface area contributed by atoms with Crippen molar-refractivity contribution in [2.24, 2.45) is 0 Å². The summed E-state index contributed by atoms with van der Waals surface area (Å²) in [5.41, 5.74) is 15.2. The van der Waals surface area contributed by atoms with Gasteiger partial charge in [-0.1, -0.05) is 170 Å². The van der Waals surface area contributed by atoms with Crippen LogP contribution in [0.1, 0.15) is 137 Å². The van der Waals surface area contributed by atoms with Gasteiger partial charge in [-0.2, -0.15) is 0 Å². The van der Waals surface area contributed by atoms with Crippen LogP contribution in [0.5, 0.6) is 0 Å². The van der Waals surface area contributed by atoms with Crippen molar-refractivity contribution >= 4 is 79.0 Å². The molecule has 0 amide bonds. The van der Waals surface area contributed by atoms with Crippen LogP contribution in [0.3, 0.4) is 0 Å². The van der Waals surface area contributed by atoms with Gasteiger partial charge < -0.3 is 14.4 Å². The average molecular weight is 855 g/mol. The molecular formula is C61H64BN3. The van der Waals surface area contributed by atoms with Gasteiger partial charge in [0.15, 0.2) is 0 Å². The average Bonchev–Trinajstić information content (AvgIpc) is 3.64. The number of hydrogen-bond donors (Lipinski definition) is 0. The lowest BCUT2D eigenvalue weighted by Gasteiger charge is -2.48. The van der Waals surface area contributed by atoms with Gasteiger partial charge in [0.1, 0.15) is 0 Å². The summed E-state index contributed by atoms with van der Waals surface area (Å²) in [6, 6.07) is 38.6. The molecule has 0 saturated heterocycles. The summed E-state index contributed by atoms with van der Waals surface area (Å²) in [5, 5.41) is 1.09. The summed E-state index contributed by atoms with van der Waals surface area (Å²) in [5.74, 6) is 0. The maximum absolute atomic E-state index is 10.5. The number of para-hydroxylation sites is 2. The smallest absolute Gasteiger partial charge is 0.252 e. The summed E-state index contributed by atoms with van der Waals surface area (Å²) < 4.78 is 52.7. The molecule has 0 N–H and O–H groups in total. The zero-order valence-electron chi connectivity index (χ0n) is 45.7. The molecule has 3 aliphatic rings. The lowest BCUT2D eigenvalue weighted by molar-refractivity contribution is 0.590. The second kappa shape index (κ2) is 13.5. The summed E-state index contributed by atoms with van der Waals surface area (Å²) in [7, 11) is 0. The highest BCUT2D eigenvalue weighted by Gasteiger charge is 2.48. The highest BCUT2D eigenvalue weighted by Crippen LogP contribution is 2.54. The first-order valence-corrected chi connectivity index (χ1v) is 23.5. The fourth-order valence-corrected chi connectivity index (χ4v) is 10.8. The van der Waals surface area contributed by atoms with Gasteiger partial charge in [-0.3, -0.25) is 0 Å². The quantitative estimate of drug-likeness (QED) is 0.164. The third-order valence-corrected chi connectivity index (χ3v) is 14.5. The van der Waals surface area contributed by atoms with Gasteiger partial charge >= 0.3 is 0 Å². The minimum Gasteiger partial charge on any atom is -0.311 e. The van der Waals surface area contributed by atoms with E-state index in [1.54, 1.807) is 0 Å². The van der Waals surface area contributed by atoms with Crippen LogP contribution >= 0.6 is 0 Å². The van der Waals surface area contributed by atoms with Crippen LogP contribution in [0, 0.1) is 0 Å². The molecule has 4 heterocycles. The van der Waals surface area contributed by atoms with Crippen molar-refractivity contribution in [3.05, 3.63) is 167 Å². The summed E-state index contributed by atoms with van der Waals surface area (Å²) in [6.45, 7) is 29.9. The van der Waals surface area contributed by atoms with Gasteiger partial charge in [-0.15, -0.1) is 0 Å². The molecule has 0 spiro atoms. The molecule has 0 radical (unpaired) electrons. The van der Waals surface area contributed by atoms with Crippen molar-refractivity contribution in [1.82, 2.24) is 4.57 Å². The van der Waals surface area contributed by atoms with Crippen molar-refractivity contribution in [1.29, 1.82) is 0 Å². The Kier molecular flexibility index (Phi) is 7.55. The lowest BCUT2D eigenvalue weighted by Crippen LogP contribution is -2.61. The van der Waals surface area contributed by atoms with E-state index in [0.29, 0.717) is 39.0 Å². The Balaban J connectivity index is 1.37. The summed E-state index contributed by atoms with van der Waals surface area (Å²) in [4.78, 5) is 4.80. The van der Waals surface area contributed by atoms with Gasteiger partial charge in [0, 0.05) is 50.1 Å². The largest absolute Gasteiger partial charge is 0.311 e. The highest BCUT2D eigenvalue weighted by atomic mass is 15.2. The minimum absolute atomic E-state index is 0.0214. The van der Waals surface area contributed by atoms with Crippen molar-refractivity contribution in [2.75, 3.05) is 9.80 Å². The minimum atomic E-state index is -0.624. The Hall–Kier alpha value is -6.00. The van der Waals surface area contributed by atoms with Crippen LogP contribution in [-0.2, 0) is 27.1 Å². The number of nitrogens with zero attached hydrogens (tertiary/aromatic N) is 3. The SMILES string of the molecule is [2H]c1c(C(C)(C)C)c([2H])c2c3c([2H])c(C(C)(C)C)c([2H])c4c3n(c2c1[2H])-c1cc(N(c2ccc(C(C)(C)C)cc2)c2ccc(C(C)(C)C)cc2)cc2c1B4c1cccc3c1N2c1ccccc1C3(C)C. The Morgan fingerprint density at radius 2 is 1.06 bits per heavy atom. The van der Waals surface area contributed by atoms with Gasteiger partial charge in [-0.05, 0) is 132 Å². The van der Waals surface area contributed by atoms with E-state index in [4.69, 9.17) is 0 Å². The van der Waals surface area contributed by atoms with E-state index in [9.17, 15) is 6.85 Å². The molecule has 326 valence electrons. The molecule has 1 aromatic heterocycles. The van der Waals surface area contributed by atoms with Gasteiger partial charge in [0.2, 0.25) is 0 Å². The summed E-state index contributed by atoms with van der Waals surface area (Å²) >= 11 is 0. The number of anilines is 6. The first kappa shape index (κ1) is 36.2. The zero-order valence-corrected chi connectivity index (χ0v) is 40.7. The Bertz CT molecular complexity index is 3500. The van der Waals surface area contributed by atoms with Crippen LogP contribution < -0.4 is 26.2 Å². The third kappa shape index (κ3) is 6.15. The van der Waals surface area contributed by atoms with Crippen LogP contribution in [0.15, 0.2) is 133 Å². The van der Waals surface area contributed by atoms with E-state index >= 15 is 0 Å². The Morgan fingerprint density at radius 1 is 0.508 bits per heavy atom. The van der Waals surface area contributed by atoms with E-state index in [0.717, 1.165) is 56.2 Å². The zero-order chi connectivity index (χ0) is 50.3. The van der Waals surface area contributed by atoms with Gasteiger partial charge in [0.05, 0.1) is 23.7 Å². The number of rotatable bonds is 3. The number of benzene rings is 7. The lowest BCUT2D eigenvalue weighted by atomic mass is 9.33. The molecular weight excluding hydrogens is 786 g/mol. The molecule has 4 heteroatoms. The molecule has 0 bridgehead atoms. The van der Waals surface area contributed by atoms with Crippen molar-refractivity contribution in [3.63, 3.8) is 0 Å². The monoisotopic (exact) mass is 855 g/mol. The van der Waals surface area contributed by atoms with Crippen molar-refractivity contribution < 1.29 is 6.85 Å². The van der Waals surface area contributed by atoms with Gasteiger partial charge in [-0.25, -0.2) is 0 Å². The second-order valence-corrected chi connectivity index (χ2v) is 23.6. The van der Waals surface area contributed by atoms with E-state index in [1.165, 1.54) is 22.3 Å². The first-order chi connectivity index (χ1) is 32.7. The predicted molar refractivity (Wildman–Crippen MR) is 282 cm³/mol. The van der Waals surface area contributed by atoms with Gasteiger partial charge in [0.25, 0.3) is 6.71 Å². The van der Waals surface area contributed by atoms with Crippen molar-refractivity contribution in [2.45, 2.75) is 124 Å². The third-order valence-electron chi connectivity index (χ3n) is 14.5. The maximum Gasteiger partial charge on any atom is 0.252 e. The number of hydrogen-bond acceptors (Lipinski definition) is 2. The molecule has 65 heavy (non-hydrogen) atoms. The Morgan fingerprint density at radius 3 is 1.66 bits per heavy atom. The van der Waals surface area contributed by atoms with Crippen LogP contribution in [0.25, 0.3) is 27.5 Å². The molecule has 0 fully saturated rings. The van der Waals surface area contributed by atoms with E-state index in [-0.39, 0.29) is 40.4 Å². The van der Waals surface area contributed by atoms with E-state index < -0.39 is 17.5 Å². The fourth-order valence-electron chi connectivity index (χ4n) is 10.8. The molecule has 7 aromatic carbocycles. The predicted octanol–water partition coefficient (Wildman–Crippen LogP) is 14.7. The molecule has 0 saturated carbocycles. The maximum atomic E-state index is 10.5. The normalized spacial score (nSPS) is 16.1. The molecule has 11 rings (SSSR count). The fraction of sp³-hybridized carbons (Fsp3) is 0.311. The molecule has 0 unspecified atom stereocenters. The van der Waals surface area contributed by atoms with E-state index in [2.05, 4.69) is 194 Å². The highest BCUT2D eigenvalue weighted by molar-refractivity contribution is 7.00. The molecule has 3 nitrogen and oxygen atoms in total. The first-order valence-electron chi connectivity index (χ1n) is 26.0. The van der Waals surface area contributed by atoms with Crippen LogP contribution in [0.2, 0.25) is 0 Å². The second-order valence-electron chi connectivity index (χ2n) is 23.6. The van der Waals surface area contributed by atoms with Crippen molar-refractivity contribution in [3.8, 4) is 5.69 Å². The molecule has 3 aliphatic heterocycles. The summed E-state index contributed by atoms with van der Waals surface area (Å²) in [6.07, 6.45) is 0. The standard InChI is InChI=1S/C61H64BN3/c1-57(2,3)37-22-27-41(28-23-37)63(42-29-24-38(25-30-42)58(4,5)6)43-35-52-54-53(36-43)65-51-21-16-15-18-46(51)61(13,14)47-19-17-20-48(56(47)65)62(54)49-34-40(60(10,11)12)33-45-44-32-39(59(7,8)9)26-31-50(44)64(52)55(45)49/h15-36H,1-14H3/i26D,31D,32D,33D,34D. The number of fused-ring (bicyclic) bond motifs is 9. The van der Waals surface area contributed by atoms with Crippen LogP contribution in [-0.4, -0.2) is 11.3 Å². The van der Waals surface area contributed by atoms with E-state index in [1.807, 2.05) is 20.8 Å². The molecule has 0 aliphatic carbocycles. The molecule has 0 atom stereocenters. The Labute approximate surface area is 395 Å². The topological polar surface area (TPSA) is 11.4 Å². The van der Waals surface area contributed by atoms with Crippen LogP contribution in [0.4, 0.5) is 34.1 Å². The number of aromatic nitrogens is 1. The molecule has 8 aromatic rings.